The molecule has 0 bridgehead atoms. The van der Waals surface area contributed by atoms with Crippen molar-refractivity contribution in [3.8, 4) is 6.07 Å². The molecular weight excluding hydrogens is 262 g/mol. The summed E-state index contributed by atoms with van der Waals surface area (Å²) < 4.78 is 0. The quantitative estimate of drug-likeness (QED) is 0.886. The molecule has 0 aliphatic heterocycles. The smallest absolute Gasteiger partial charge is 0.267 e. The highest BCUT2D eigenvalue weighted by Gasteiger charge is 2.23. The lowest BCUT2D eigenvalue weighted by atomic mass is 9.86. The van der Waals surface area contributed by atoms with Crippen LogP contribution in [-0.2, 0) is 0 Å². The van der Waals surface area contributed by atoms with Gasteiger partial charge in [0.25, 0.3) is 5.91 Å². The van der Waals surface area contributed by atoms with Crippen molar-refractivity contribution in [3.05, 3.63) is 35.5 Å². The third-order valence-corrected chi connectivity index (χ3v) is 4.46. The number of fused-ring (bicyclic) bond motifs is 1. The lowest BCUT2D eigenvalue weighted by Gasteiger charge is -2.29. The molecule has 1 fully saturated rings. The first-order valence-corrected chi connectivity index (χ1v) is 7.51. The maximum absolute atomic E-state index is 12.4. The summed E-state index contributed by atoms with van der Waals surface area (Å²) in [5, 5.41) is 13.1. The van der Waals surface area contributed by atoms with Crippen molar-refractivity contribution in [2.75, 3.05) is 0 Å². The predicted molar refractivity (Wildman–Crippen MR) is 81.9 cm³/mol. The summed E-state index contributed by atoms with van der Waals surface area (Å²) in [6.07, 6.45) is 4.67. The number of carbonyl (C=O) groups is 1. The van der Waals surface area contributed by atoms with Gasteiger partial charge in [0, 0.05) is 16.9 Å². The summed E-state index contributed by atoms with van der Waals surface area (Å²) in [7, 11) is 0. The van der Waals surface area contributed by atoms with E-state index in [0.29, 0.717) is 17.2 Å². The minimum absolute atomic E-state index is 0.0751. The largest absolute Gasteiger partial charge is 0.350 e. The van der Waals surface area contributed by atoms with E-state index in [2.05, 4.69) is 23.3 Å². The highest BCUT2D eigenvalue weighted by atomic mass is 16.1. The summed E-state index contributed by atoms with van der Waals surface area (Å²) in [6, 6.07) is 9.66. The van der Waals surface area contributed by atoms with Gasteiger partial charge in [-0.05, 0) is 37.0 Å². The lowest BCUT2D eigenvalue weighted by molar-refractivity contribution is 0.0906. The molecular formula is C17H19N3O. The zero-order valence-corrected chi connectivity index (χ0v) is 12.1. The van der Waals surface area contributed by atoms with Gasteiger partial charge in [-0.2, -0.15) is 5.26 Å². The summed E-state index contributed by atoms with van der Waals surface area (Å²) in [4.78, 5) is 15.5. The number of H-pyrrole nitrogens is 1. The van der Waals surface area contributed by atoms with Crippen molar-refractivity contribution in [1.29, 1.82) is 5.26 Å². The summed E-state index contributed by atoms with van der Waals surface area (Å²) in [5.41, 5.74) is 1.95. The van der Waals surface area contributed by atoms with E-state index in [1.807, 2.05) is 12.1 Å². The molecule has 1 aliphatic carbocycles. The summed E-state index contributed by atoms with van der Waals surface area (Å²) >= 11 is 0. The number of nitrogens with zero attached hydrogens (tertiary/aromatic N) is 1. The molecule has 4 heteroatoms. The Kier molecular flexibility index (Phi) is 3.66. The Hall–Kier alpha value is -2.28. The number of carbonyl (C=O) groups excluding carboxylic acids is 1. The predicted octanol–water partition coefficient (Wildman–Crippen LogP) is 3.35. The van der Waals surface area contributed by atoms with Crippen LogP contribution in [0.15, 0.2) is 24.3 Å². The molecule has 1 aliphatic rings. The zero-order valence-electron chi connectivity index (χ0n) is 12.1. The fourth-order valence-electron chi connectivity index (χ4n) is 3.15. The van der Waals surface area contributed by atoms with Crippen molar-refractivity contribution in [2.45, 2.75) is 38.6 Å². The van der Waals surface area contributed by atoms with Gasteiger partial charge >= 0.3 is 0 Å². The number of rotatable bonds is 2. The molecule has 0 saturated heterocycles. The Morgan fingerprint density at radius 1 is 1.38 bits per heavy atom. The van der Waals surface area contributed by atoms with Crippen LogP contribution in [0.25, 0.3) is 10.9 Å². The number of hydrogen-bond donors (Lipinski definition) is 2. The van der Waals surface area contributed by atoms with E-state index in [9.17, 15) is 4.79 Å². The van der Waals surface area contributed by atoms with Gasteiger partial charge in [-0.1, -0.05) is 25.8 Å². The third-order valence-electron chi connectivity index (χ3n) is 4.46. The van der Waals surface area contributed by atoms with Crippen molar-refractivity contribution in [3.63, 3.8) is 0 Å². The van der Waals surface area contributed by atoms with Crippen molar-refractivity contribution >= 4 is 16.8 Å². The van der Waals surface area contributed by atoms with Crippen molar-refractivity contribution < 1.29 is 4.79 Å². The third kappa shape index (κ3) is 2.64. The molecule has 3 rings (SSSR count). The van der Waals surface area contributed by atoms with Crippen molar-refractivity contribution in [1.82, 2.24) is 10.3 Å². The Balaban J connectivity index is 1.83. The second-order valence-electron chi connectivity index (χ2n) is 5.90. The van der Waals surface area contributed by atoms with Crippen LogP contribution in [0.4, 0.5) is 0 Å². The van der Waals surface area contributed by atoms with Crippen LogP contribution in [-0.4, -0.2) is 16.9 Å². The normalized spacial score (nSPS) is 21.9. The van der Waals surface area contributed by atoms with Crippen molar-refractivity contribution in [2.24, 2.45) is 5.92 Å². The Labute approximate surface area is 124 Å². The van der Waals surface area contributed by atoms with E-state index in [0.717, 1.165) is 17.3 Å². The Bertz CT molecular complexity index is 710. The summed E-state index contributed by atoms with van der Waals surface area (Å²) in [6.45, 7) is 2.20. The highest BCUT2D eigenvalue weighted by molar-refractivity contribution is 5.99. The number of aromatic amines is 1. The fourth-order valence-corrected chi connectivity index (χ4v) is 3.15. The molecule has 1 heterocycles. The van der Waals surface area contributed by atoms with E-state index in [1.165, 1.54) is 19.3 Å². The number of hydrogen-bond acceptors (Lipinski definition) is 2. The van der Waals surface area contributed by atoms with E-state index < -0.39 is 0 Å². The number of nitriles is 1. The SMILES string of the molecule is CC1CCCCC1NC(=O)c1cc2c(C#N)cccc2[nH]1. The Morgan fingerprint density at radius 3 is 2.95 bits per heavy atom. The molecule has 0 radical (unpaired) electrons. The molecule has 2 atom stereocenters. The van der Waals surface area contributed by atoms with Gasteiger partial charge in [0.05, 0.1) is 11.6 Å². The second-order valence-corrected chi connectivity index (χ2v) is 5.90. The maximum Gasteiger partial charge on any atom is 0.267 e. The van der Waals surface area contributed by atoms with Crippen LogP contribution in [0.3, 0.4) is 0 Å². The lowest BCUT2D eigenvalue weighted by Crippen LogP contribution is -2.41. The minimum Gasteiger partial charge on any atom is -0.350 e. The van der Waals surface area contributed by atoms with Gasteiger partial charge in [0.2, 0.25) is 0 Å². The highest BCUT2D eigenvalue weighted by Crippen LogP contribution is 2.24. The van der Waals surface area contributed by atoms with Gasteiger partial charge < -0.3 is 10.3 Å². The van der Waals surface area contributed by atoms with Gasteiger partial charge in [-0.15, -0.1) is 0 Å². The molecule has 2 N–H and O–H groups in total. The molecule has 2 unspecified atom stereocenters. The monoisotopic (exact) mass is 281 g/mol. The maximum atomic E-state index is 12.4. The first kappa shape index (κ1) is 13.7. The van der Waals surface area contributed by atoms with Crippen LogP contribution < -0.4 is 5.32 Å². The first-order chi connectivity index (χ1) is 10.2. The number of benzene rings is 1. The number of amides is 1. The molecule has 108 valence electrons. The fraction of sp³-hybridized carbons (Fsp3) is 0.412. The standard InChI is InChI=1S/C17H19N3O/c1-11-5-2-3-7-14(11)20-17(21)16-9-13-12(10-18)6-4-8-15(13)19-16/h4,6,8-9,11,14,19H,2-3,5,7H2,1H3,(H,20,21). The van der Waals surface area contributed by atoms with E-state index in [1.54, 1.807) is 12.1 Å². The Morgan fingerprint density at radius 2 is 2.19 bits per heavy atom. The molecule has 1 aromatic carbocycles. The average Bonchev–Trinajstić information content (AvgIpc) is 2.93. The molecule has 1 aromatic heterocycles. The van der Waals surface area contributed by atoms with Gasteiger partial charge in [0.1, 0.15) is 5.69 Å². The first-order valence-electron chi connectivity index (χ1n) is 7.51. The van der Waals surface area contributed by atoms with E-state index >= 15 is 0 Å². The van der Waals surface area contributed by atoms with Crippen LogP contribution in [0, 0.1) is 17.2 Å². The topological polar surface area (TPSA) is 68.7 Å². The van der Waals surface area contributed by atoms with Gasteiger partial charge in [0.15, 0.2) is 0 Å². The molecule has 21 heavy (non-hydrogen) atoms. The van der Waals surface area contributed by atoms with Gasteiger partial charge in [-0.25, -0.2) is 0 Å². The molecule has 1 amide bonds. The number of nitrogens with one attached hydrogen (secondary N) is 2. The van der Waals surface area contributed by atoms with Crippen LogP contribution in [0.2, 0.25) is 0 Å². The summed E-state index contributed by atoms with van der Waals surface area (Å²) in [5.74, 6) is 0.454. The van der Waals surface area contributed by atoms with Gasteiger partial charge in [-0.3, -0.25) is 4.79 Å². The van der Waals surface area contributed by atoms with E-state index in [4.69, 9.17) is 5.26 Å². The molecule has 0 spiro atoms. The van der Waals surface area contributed by atoms with Crippen LogP contribution >= 0.6 is 0 Å². The minimum atomic E-state index is -0.0751. The average molecular weight is 281 g/mol. The van der Waals surface area contributed by atoms with E-state index in [-0.39, 0.29) is 11.9 Å². The zero-order chi connectivity index (χ0) is 14.8. The number of aromatic nitrogens is 1. The second kappa shape index (κ2) is 5.61. The molecule has 2 aromatic rings. The van der Waals surface area contributed by atoms with Crippen LogP contribution in [0.1, 0.15) is 48.7 Å². The molecule has 4 nitrogen and oxygen atoms in total. The molecule has 1 saturated carbocycles. The van der Waals surface area contributed by atoms with Crippen LogP contribution in [0.5, 0.6) is 0 Å².